The van der Waals surface area contributed by atoms with Crippen molar-refractivity contribution < 1.29 is 28.3 Å². The molecule has 260 valence electrons. The highest BCUT2D eigenvalue weighted by Gasteiger charge is 2.38. The monoisotopic (exact) mass is 660 g/mol. The Hall–Kier alpha value is -4.21. The lowest BCUT2D eigenvalue weighted by atomic mass is 9.87. The molecule has 10 nitrogen and oxygen atoms in total. The largest absolute Gasteiger partial charge is 0.444 e. The van der Waals surface area contributed by atoms with Crippen LogP contribution in [0.15, 0.2) is 52.9 Å². The third-order valence-electron chi connectivity index (χ3n) is 8.53. The predicted molar refractivity (Wildman–Crippen MR) is 186 cm³/mol. The summed E-state index contributed by atoms with van der Waals surface area (Å²) in [6.45, 7) is 16.7. The number of urea groups is 1. The molecule has 5 amide bonds. The summed E-state index contributed by atoms with van der Waals surface area (Å²) in [5.41, 5.74) is 2.36. The van der Waals surface area contributed by atoms with Crippen LogP contribution in [0.1, 0.15) is 103 Å². The van der Waals surface area contributed by atoms with Crippen molar-refractivity contribution in [1.82, 2.24) is 19.7 Å². The van der Waals surface area contributed by atoms with Crippen molar-refractivity contribution in [3.63, 3.8) is 0 Å². The van der Waals surface area contributed by atoms with Gasteiger partial charge >= 0.3 is 18.0 Å². The first-order valence-corrected chi connectivity index (χ1v) is 17.1. The second-order valence-corrected chi connectivity index (χ2v) is 15.2. The summed E-state index contributed by atoms with van der Waals surface area (Å²) < 4.78 is 11.4. The summed E-state index contributed by atoms with van der Waals surface area (Å²) >= 11 is 0. The van der Waals surface area contributed by atoms with Crippen LogP contribution >= 0.6 is 0 Å². The molecule has 0 bridgehead atoms. The van der Waals surface area contributed by atoms with Gasteiger partial charge in [0.1, 0.15) is 11.1 Å². The van der Waals surface area contributed by atoms with Gasteiger partial charge in [-0.25, -0.2) is 14.6 Å². The van der Waals surface area contributed by atoms with E-state index in [0.29, 0.717) is 56.3 Å². The molecule has 3 aromatic rings. The average molecular weight is 661 g/mol. The maximum absolute atomic E-state index is 14.4. The topological polar surface area (TPSA) is 113 Å². The van der Waals surface area contributed by atoms with Gasteiger partial charge in [0.2, 0.25) is 5.91 Å². The van der Waals surface area contributed by atoms with Crippen LogP contribution in [0.25, 0.3) is 11.1 Å². The molecule has 1 aliphatic heterocycles. The van der Waals surface area contributed by atoms with Crippen LogP contribution in [0.4, 0.5) is 9.59 Å². The number of imide groups is 2. The van der Waals surface area contributed by atoms with Gasteiger partial charge in [0.25, 0.3) is 5.89 Å². The third kappa shape index (κ3) is 9.67. The highest BCUT2D eigenvalue weighted by Crippen LogP contribution is 2.28. The Balaban J connectivity index is 1.59. The lowest BCUT2D eigenvalue weighted by Crippen LogP contribution is -2.53. The Labute approximate surface area is 284 Å². The number of piperidine rings is 1. The summed E-state index contributed by atoms with van der Waals surface area (Å²) in [5.74, 6) is -1.45. The Morgan fingerprint density at radius 1 is 0.938 bits per heavy atom. The van der Waals surface area contributed by atoms with Crippen molar-refractivity contribution in [2.24, 2.45) is 11.8 Å². The van der Waals surface area contributed by atoms with Gasteiger partial charge in [0, 0.05) is 32.1 Å². The minimum absolute atomic E-state index is 0.0844. The van der Waals surface area contributed by atoms with E-state index >= 15 is 0 Å². The van der Waals surface area contributed by atoms with Crippen LogP contribution in [0.2, 0.25) is 0 Å². The number of hydrogen-bond donors (Lipinski definition) is 0. The number of benzene rings is 2. The Bertz CT molecular complexity index is 1580. The molecule has 0 saturated carbocycles. The minimum atomic E-state index is -0.677. The van der Waals surface area contributed by atoms with Gasteiger partial charge in [0.05, 0.1) is 0 Å². The molecule has 0 atom stereocenters. The van der Waals surface area contributed by atoms with E-state index in [0.717, 1.165) is 16.0 Å². The molecule has 4 rings (SSSR count). The first-order chi connectivity index (χ1) is 22.5. The van der Waals surface area contributed by atoms with Crippen LogP contribution in [0.5, 0.6) is 0 Å². The van der Waals surface area contributed by atoms with Crippen molar-refractivity contribution in [3.05, 3.63) is 65.5 Å². The van der Waals surface area contributed by atoms with Gasteiger partial charge in [-0.3, -0.25) is 19.4 Å². The summed E-state index contributed by atoms with van der Waals surface area (Å²) in [5, 5.41) is 0. The van der Waals surface area contributed by atoms with E-state index < -0.39 is 29.6 Å². The zero-order valence-electron chi connectivity index (χ0n) is 29.9. The maximum Gasteiger partial charge on any atom is 0.410 e. The van der Waals surface area contributed by atoms with Gasteiger partial charge in [0.15, 0.2) is 5.58 Å². The normalized spacial score (nSPS) is 14.3. The van der Waals surface area contributed by atoms with E-state index in [4.69, 9.17) is 9.15 Å². The molecule has 0 spiro atoms. The molecular weight excluding hydrogens is 608 g/mol. The minimum Gasteiger partial charge on any atom is -0.444 e. The molecule has 0 unspecified atom stereocenters. The number of carbonyl (C=O) groups excluding carboxylic acids is 4. The number of aromatic nitrogens is 1. The van der Waals surface area contributed by atoms with Gasteiger partial charge in [-0.05, 0) is 87.5 Å². The zero-order valence-corrected chi connectivity index (χ0v) is 29.9. The number of likely N-dealkylation sites (tertiary alicyclic amines) is 1. The summed E-state index contributed by atoms with van der Waals surface area (Å²) in [4.78, 5) is 63.7. The smallest absolute Gasteiger partial charge is 0.410 e. The van der Waals surface area contributed by atoms with E-state index in [-0.39, 0.29) is 36.2 Å². The van der Waals surface area contributed by atoms with E-state index in [1.54, 1.807) is 11.0 Å². The van der Waals surface area contributed by atoms with E-state index in [2.05, 4.69) is 25.8 Å². The van der Waals surface area contributed by atoms with Gasteiger partial charge in [-0.1, -0.05) is 71.0 Å². The first kappa shape index (κ1) is 36.6. The number of fused-ring (bicyclic) bond motifs is 1. The fraction of sp³-hybridized carbons (Fsp3) is 0.553. The fourth-order valence-corrected chi connectivity index (χ4v) is 5.66. The SMILES string of the molecule is CC(C)CCN(C(=O)C1CCN(C(=O)OC(C)(C)C)CC1)C(=O)N(CCCc1ccccc1)C(=O)c1nc2cc(C(C)(C)C)ccc2o1. The maximum atomic E-state index is 14.4. The molecule has 48 heavy (non-hydrogen) atoms. The van der Waals surface area contributed by atoms with E-state index in [1.165, 1.54) is 4.90 Å². The van der Waals surface area contributed by atoms with Gasteiger partial charge in [-0.15, -0.1) is 0 Å². The molecule has 0 radical (unpaired) electrons. The molecule has 2 heterocycles. The Morgan fingerprint density at radius 3 is 2.21 bits per heavy atom. The van der Waals surface area contributed by atoms with E-state index in [9.17, 15) is 19.2 Å². The standard InChI is InChI=1S/C38H52N4O6/c1-26(2)18-24-42(33(43)28-19-22-40(23-20-28)36(46)48-38(6,7)8)35(45)41(21-12-15-27-13-10-9-11-14-27)34(44)32-39-30-25-29(37(3,4)5)16-17-31(30)47-32/h9-11,13-14,16-17,25-26,28H,12,15,18-24H2,1-8H3. The lowest BCUT2D eigenvalue weighted by molar-refractivity contribution is -0.134. The summed E-state index contributed by atoms with van der Waals surface area (Å²) in [7, 11) is 0. The summed E-state index contributed by atoms with van der Waals surface area (Å²) in [6.07, 6.45) is 2.10. The van der Waals surface area contributed by atoms with Crippen molar-refractivity contribution in [2.75, 3.05) is 26.2 Å². The van der Waals surface area contributed by atoms with Crippen molar-refractivity contribution in [3.8, 4) is 0 Å². The number of carbonyl (C=O) groups is 4. The number of aryl methyl sites for hydroxylation is 1. The fourth-order valence-electron chi connectivity index (χ4n) is 5.66. The van der Waals surface area contributed by atoms with Crippen molar-refractivity contribution >= 4 is 35.0 Å². The number of rotatable bonds is 9. The number of oxazole rings is 1. The van der Waals surface area contributed by atoms with Crippen LogP contribution in [0, 0.1) is 11.8 Å². The zero-order chi connectivity index (χ0) is 35.2. The van der Waals surface area contributed by atoms with Gasteiger partial charge < -0.3 is 14.1 Å². The molecular formula is C38H52N4O6. The number of hydrogen-bond acceptors (Lipinski definition) is 7. The highest BCUT2D eigenvalue weighted by atomic mass is 16.6. The Kier molecular flexibility index (Phi) is 11.7. The van der Waals surface area contributed by atoms with E-state index in [1.807, 2.05) is 77.1 Å². The van der Waals surface area contributed by atoms with Crippen LogP contribution < -0.4 is 0 Å². The van der Waals surface area contributed by atoms with Crippen molar-refractivity contribution in [1.29, 1.82) is 0 Å². The number of amides is 5. The van der Waals surface area contributed by atoms with Crippen molar-refractivity contribution in [2.45, 2.75) is 98.5 Å². The number of ether oxygens (including phenoxy) is 1. The second-order valence-electron chi connectivity index (χ2n) is 15.2. The molecule has 2 aromatic carbocycles. The molecule has 1 aromatic heterocycles. The summed E-state index contributed by atoms with van der Waals surface area (Å²) in [6, 6.07) is 14.8. The number of nitrogens with zero attached hydrogens (tertiary/aromatic N) is 4. The molecule has 10 heteroatoms. The third-order valence-corrected chi connectivity index (χ3v) is 8.53. The molecule has 0 N–H and O–H groups in total. The second kappa shape index (κ2) is 15.3. The quantitative estimate of drug-likeness (QED) is 0.230. The first-order valence-electron chi connectivity index (χ1n) is 17.1. The van der Waals surface area contributed by atoms with Crippen LogP contribution in [-0.2, 0) is 21.4 Å². The highest BCUT2D eigenvalue weighted by molar-refractivity contribution is 6.07. The Morgan fingerprint density at radius 2 is 1.60 bits per heavy atom. The molecule has 1 fully saturated rings. The molecule has 0 aliphatic carbocycles. The molecule has 1 aliphatic rings. The predicted octanol–water partition coefficient (Wildman–Crippen LogP) is 7.84. The van der Waals surface area contributed by atoms with Crippen LogP contribution in [-0.4, -0.2) is 75.4 Å². The average Bonchev–Trinajstić information content (AvgIpc) is 3.46. The molecule has 1 saturated heterocycles. The van der Waals surface area contributed by atoms with Crippen LogP contribution in [0.3, 0.4) is 0 Å². The van der Waals surface area contributed by atoms with Gasteiger partial charge in [-0.2, -0.15) is 0 Å². The lowest BCUT2D eigenvalue weighted by Gasteiger charge is -2.35.